The van der Waals surface area contributed by atoms with Crippen LogP contribution in [0, 0.1) is 20.2 Å². The molecular weight excluding hydrogens is 258 g/mol. The molecule has 0 unspecified atom stereocenters. The molecule has 1 aromatic rings. The van der Waals surface area contributed by atoms with Gasteiger partial charge in [0.25, 0.3) is 11.4 Å². The zero-order valence-electron chi connectivity index (χ0n) is 9.37. The highest BCUT2D eigenvalue weighted by molar-refractivity contribution is 7.99. The van der Waals surface area contributed by atoms with Crippen molar-refractivity contribution in [3.05, 3.63) is 38.4 Å². The van der Waals surface area contributed by atoms with Crippen LogP contribution in [0.1, 0.15) is 6.42 Å². The summed E-state index contributed by atoms with van der Waals surface area (Å²) in [5.41, 5.74) is -0.174. The topological polar surface area (TPSA) is 98.3 Å². The molecule has 1 saturated heterocycles. The van der Waals surface area contributed by atoms with Gasteiger partial charge in [-0.3, -0.25) is 20.2 Å². The van der Waals surface area contributed by atoms with Crippen LogP contribution >= 0.6 is 11.8 Å². The van der Waals surface area contributed by atoms with Crippen molar-refractivity contribution >= 4 is 28.8 Å². The van der Waals surface area contributed by atoms with E-state index in [0.717, 1.165) is 24.0 Å². The maximum Gasteiger partial charge on any atom is 0.299 e. The Bertz CT molecular complexity index is 488. The first-order valence-corrected chi connectivity index (χ1v) is 6.50. The van der Waals surface area contributed by atoms with Crippen molar-refractivity contribution in [1.29, 1.82) is 0 Å². The van der Waals surface area contributed by atoms with Crippen molar-refractivity contribution in [2.45, 2.75) is 12.5 Å². The van der Waals surface area contributed by atoms with Crippen LogP contribution in [0.2, 0.25) is 0 Å². The third-order valence-electron chi connectivity index (χ3n) is 2.68. The molecule has 96 valence electrons. The largest absolute Gasteiger partial charge is 0.376 e. The number of nitrogens with zero attached hydrogens (tertiary/aromatic N) is 2. The molecule has 8 heteroatoms. The Labute approximate surface area is 107 Å². The van der Waals surface area contributed by atoms with Gasteiger partial charge in [0.1, 0.15) is 5.69 Å². The molecule has 1 atom stereocenters. The summed E-state index contributed by atoms with van der Waals surface area (Å²) in [6.07, 6.45) is 0.943. The normalized spacial score (nSPS) is 18.6. The molecule has 0 radical (unpaired) electrons. The molecule has 1 aromatic carbocycles. The van der Waals surface area contributed by atoms with E-state index in [1.54, 1.807) is 11.8 Å². The number of nitrogens with one attached hydrogen (secondary N) is 1. The maximum atomic E-state index is 10.9. The van der Waals surface area contributed by atoms with Gasteiger partial charge in [-0.1, -0.05) is 0 Å². The van der Waals surface area contributed by atoms with E-state index in [4.69, 9.17) is 0 Å². The van der Waals surface area contributed by atoms with E-state index >= 15 is 0 Å². The number of hydrogen-bond acceptors (Lipinski definition) is 6. The SMILES string of the molecule is O=[N+]([O-])c1ccc(N[C@H]2CCSC2)c([N+](=O)[O-])c1. The molecule has 7 nitrogen and oxygen atoms in total. The summed E-state index contributed by atoms with van der Waals surface area (Å²) in [6.45, 7) is 0. The number of non-ortho nitro benzene ring substituents is 1. The highest BCUT2D eigenvalue weighted by Gasteiger charge is 2.23. The molecule has 1 fully saturated rings. The summed E-state index contributed by atoms with van der Waals surface area (Å²) in [5.74, 6) is 1.92. The zero-order valence-corrected chi connectivity index (χ0v) is 10.2. The lowest BCUT2D eigenvalue weighted by Crippen LogP contribution is -2.18. The van der Waals surface area contributed by atoms with Gasteiger partial charge in [-0.05, 0) is 18.2 Å². The standard InChI is InChI=1S/C10H11N3O4S/c14-12(15)8-1-2-9(10(5-8)13(16)17)11-7-3-4-18-6-7/h1-2,5,7,11H,3-4,6H2/t7-/m0/s1. The van der Waals surface area contributed by atoms with Gasteiger partial charge in [0.15, 0.2) is 0 Å². The Balaban J connectivity index is 2.28. The van der Waals surface area contributed by atoms with Crippen LogP contribution in [0.5, 0.6) is 0 Å². The molecule has 0 bridgehead atoms. The first kappa shape index (κ1) is 12.6. The van der Waals surface area contributed by atoms with Gasteiger partial charge in [0.2, 0.25) is 0 Å². The fraction of sp³-hybridized carbons (Fsp3) is 0.400. The van der Waals surface area contributed by atoms with Crippen molar-refractivity contribution in [1.82, 2.24) is 0 Å². The van der Waals surface area contributed by atoms with Gasteiger partial charge in [-0.15, -0.1) is 0 Å². The Kier molecular flexibility index (Phi) is 3.66. The number of rotatable bonds is 4. The van der Waals surface area contributed by atoms with E-state index in [1.807, 2.05) is 0 Å². The fourth-order valence-electron chi connectivity index (χ4n) is 1.77. The maximum absolute atomic E-state index is 10.9. The molecule has 0 aliphatic carbocycles. The predicted octanol–water partition coefficient (Wildman–Crippen LogP) is 2.42. The number of anilines is 1. The van der Waals surface area contributed by atoms with E-state index in [9.17, 15) is 20.2 Å². The van der Waals surface area contributed by atoms with Crippen molar-refractivity contribution < 1.29 is 9.85 Å². The summed E-state index contributed by atoms with van der Waals surface area (Å²) in [4.78, 5) is 20.3. The van der Waals surface area contributed by atoms with E-state index in [2.05, 4.69) is 5.32 Å². The van der Waals surface area contributed by atoms with Crippen LogP contribution in [0.4, 0.5) is 17.1 Å². The van der Waals surface area contributed by atoms with E-state index in [1.165, 1.54) is 12.1 Å². The van der Waals surface area contributed by atoms with Gasteiger partial charge >= 0.3 is 0 Å². The van der Waals surface area contributed by atoms with Gasteiger partial charge in [0, 0.05) is 17.9 Å². The highest BCUT2D eigenvalue weighted by Crippen LogP contribution is 2.31. The molecular formula is C10H11N3O4S. The zero-order chi connectivity index (χ0) is 13.1. The minimum absolute atomic E-state index is 0.190. The minimum atomic E-state index is -0.637. The minimum Gasteiger partial charge on any atom is -0.376 e. The number of thioether (sulfide) groups is 1. The van der Waals surface area contributed by atoms with Crippen LogP contribution in [0.15, 0.2) is 18.2 Å². The van der Waals surface area contributed by atoms with E-state index in [-0.39, 0.29) is 17.4 Å². The van der Waals surface area contributed by atoms with Gasteiger partial charge in [0.05, 0.1) is 15.9 Å². The molecule has 1 N–H and O–H groups in total. The van der Waals surface area contributed by atoms with Crippen LogP contribution in [-0.4, -0.2) is 27.4 Å². The van der Waals surface area contributed by atoms with Crippen molar-refractivity contribution in [2.75, 3.05) is 16.8 Å². The van der Waals surface area contributed by atoms with Crippen molar-refractivity contribution in [2.24, 2.45) is 0 Å². The van der Waals surface area contributed by atoms with Crippen LogP contribution in [0.3, 0.4) is 0 Å². The summed E-state index contributed by atoms with van der Waals surface area (Å²) < 4.78 is 0. The molecule has 1 aliphatic rings. The third-order valence-corrected chi connectivity index (χ3v) is 3.84. The quantitative estimate of drug-likeness (QED) is 0.665. The van der Waals surface area contributed by atoms with Gasteiger partial charge in [-0.25, -0.2) is 0 Å². The second-order valence-electron chi connectivity index (χ2n) is 3.92. The molecule has 2 rings (SSSR count). The second kappa shape index (κ2) is 5.21. The summed E-state index contributed by atoms with van der Waals surface area (Å²) in [5, 5.41) is 24.6. The second-order valence-corrected chi connectivity index (χ2v) is 5.07. The summed E-state index contributed by atoms with van der Waals surface area (Å²) >= 11 is 1.78. The molecule has 1 aliphatic heterocycles. The predicted molar refractivity (Wildman–Crippen MR) is 69.1 cm³/mol. The Morgan fingerprint density at radius 1 is 1.28 bits per heavy atom. The highest BCUT2D eigenvalue weighted by atomic mass is 32.2. The van der Waals surface area contributed by atoms with Crippen LogP contribution < -0.4 is 5.32 Å². The van der Waals surface area contributed by atoms with Crippen LogP contribution in [0.25, 0.3) is 0 Å². The number of benzene rings is 1. The van der Waals surface area contributed by atoms with Crippen LogP contribution in [-0.2, 0) is 0 Å². The van der Waals surface area contributed by atoms with Gasteiger partial charge in [-0.2, -0.15) is 11.8 Å². The Morgan fingerprint density at radius 2 is 2.06 bits per heavy atom. The lowest BCUT2D eigenvalue weighted by molar-refractivity contribution is -0.393. The first-order chi connectivity index (χ1) is 8.58. The summed E-state index contributed by atoms with van der Waals surface area (Å²) in [6, 6.07) is 3.86. The molecule has 1 heterocycles. The lowest BCUT2D eigenvalue weighted by Gasteiger charge is -2.12. The molecule has 18 heavy (non-hydrogen) atoms. The fourth-order valence-corrected chi connectivity index (χ4v) is 2.93. The van der Waals surface area contributed by atoms with Crippen molar-refractivity contribution in [3.8, 4) is 0 Å². The molecule has 0 spiro atoms. The number of nitro benzene ring substituents is 2. The number of hydrogen-bond donors (Lipinski definition) is 1. The molecule has 0 aromatic heterocycles. The average molecular weight is 269 g/mol. The van der Waals surface area contributed by atoms with E-state index < -0.39 is 9.85 Å². The number of nitro groups is 2. The van der Waals surface area contributed by atoms with Gasteiger partial charge < -0.3 is 5.32 Å². The Morgan fingerprint density at radius 3 is 2.61 bits per heavy atom. The lowest BCUT2D eigenvalue weighted by atomic mass is 10.2. The molecule has 0 saturated carbocycles. The third kappa shape index (κ3) is 2.70. The monoisotopic (exact) mass is 269 g/mol. The smallest absolute Gasteiger partial charge is 0.299 e. The summed E-state index contributed by atoms with van der Waals surface area (Å²) in [7, 11) is 0. The Hall–Kier alpha value is -1.83. The first-order valence-electron chi connectivity index (χ1n) is 5.35. The molecule has 0 amide bonds. The van der Waals surface area contributed by atoms with Crippen molar-refractivity contribution in [3.63, 3.8) is 0 Å². The van der Waals surface area contributed by atoms with E-state index in [0.29, 0.717) is 5.69 Å². The average Bonchev–Trinajstić information content (AvgIpc) is 2.81.